The van der Waals surface area contributed by atoms with E-state index < -0.39 is 26.1 Å². The van der Waals surface area contributed by atoms with Gasteiger partial charge in [0, 0.05) is 19.5 Å². The van der Waals surface area contributed by atoms with Crippen molar-refractivity contribution in [3.63, 3.8) is 0 Å². The predicted molar refractivity (Wildman–Crippen MR) is 179 cm³/mol. The van der Waals surface area contributed by atoms with Gasteiger partial charge < -0.3 is 0 Å². The Bertz CT molecular complexity index is 1610. The first kappa shape index (κ1) is 35.8. The van der Waals surface area contributed by atoms with Crippen LogP contribution in [0.15, 0.2) is 158 Å². The zero-order chi connectivity index (χ0) is 31.8. The van der Waals surface area contributed by atoms with E-state index in [4.69, 9.17) is 18.6 Å². The van der Waals surface area contributed by atoms with Crippen molar-refractivity contribution in [1.82, 2.24) is 0 Å². The van der Waals surface area contributed by atoms with Crippen LogP contribution in [-0.4, -0.2) is 0 Å². The van der Waals surface area contributed by atoms with Crippen LogP contribution in [0.2, 0.25) is 0 Å². The summed E-state index contributed by atoms with van der Waals surface area (Å²) in [4.78, 5) is 0. The number of rotatable bonds is 7. The van der Waals surface area contributed by atoms with Crippen LogP contribution in [-0.2, 0) is 19.5 Å². The van der Waals surface area contributed by atoms with E-state index in [1.807, 2.05) is 0 Å². The normalized spacial score (nSPS) is 11.0. The van der Waals surface area contributed by atoms with Gasteiger partial charge in [0.15, 0.2) is 0 Å². The van der Waals surface area contributed by atoms with Crippen molar-refractivity contribution < 1.29 is 48.4 Å². The van der Waals surface area contributed by atoms with Crippen molar-refractivity contribution in [3.8, 4) is 11.1 Å². The van der Waals surface area contributed by atoms with Crippen molar-refractivity contribution in [2.45, 2.75) is 13.8 Å². The molecule has 0 heterocycles. The second-order valence-electron chi connectivity index (χ2n) is 10.3. The molecule has 0 unspecified atom stereocenters. The average molecular weight is 753 g/mol. The molecule has 6 rings (SSSR count). The molecule has 0 bridgehead atoms. The number of hydrogen-bond donors (Lipinski definition) is 0. The van der Waals surface area contributed by atoms with Crippen LogP contribution in [0.3, 0.4) is 0 Å². The van der Waals surface area contributed by atoms with Gasteiger partial charge in [-0.25, -0.2) is 18.6 Å². The summed E-state index contributed by atoms with van der Waals surface area (Å²) in [6.07, 6.45) is 0. The SMILES string of the molecule is Cc1cccc(P(c2ccccc2)c2ccccc2)c1-c1c(C)cccc1P(c1ccccc1)c1ccccc1.[O-][Cl+3]([O-])([O-])[O-].[Rh]. The van der Waals surface area contributed by atoms with Crippen molar-refractivity contribution in [1.29, 1.82) is 0 Å². The molecule has 0 spiro atoms. The van der Waals surface area contributed by atoms with Crippen LogP contribution in [0, 0.1) is 24.1 Å². The Balaban J connectivity index is 0.000000745. The Kier molecular flexibility index (Phi) is 13.0. The third-order valence-corrected chi connectivity index (χ3v) is 12.3. The summed E-state index contributed by atoms with van der Waals surface area (Å²) in [7, 11) is -6.45. The van der Waals surface area contributed by atoms with Crippen molar-refractivity contribution in [2.24, 2.45) is 0 Å². The Hall–Kier alpha value is -3.07. The van der Waals surface area contributed by atoms with Crippen LogP contribution in [0.5, 0.6) is 0 Å². The van der Waals surface area contributed by atoms with E-state index in [1.165, 1.54) is 54.1 Å². The van der Waals surface area contributed by atoms with Crippen LogP contribution in [0.4, 0.5) is 0 Å². The molecule has 0 saturated carbocycles. The molecule has 8 heteroatoms. The molecule has 235 valence electrons. The molecule has 6 aromatic rings. The number of aryl methyl sites for hydroxylation is 2. The topological polar surface area (TPSA) is 92.2 Å². The van der Waals surface area contributed by atoms with Gasteiger partial charge in [0.25, 0.3) is 0 Å². The summed E-state index contributed by atoms with van der Waals surface area (Å²) in [5.74, 6) is 0. The van der Waals surface area contributed by atoms with Crippen molar-refractivity contribution in [3.05, 3.63) is 169 Å². The smallest absolute Gasteiger partial charge is 0 e. The van der Waals surface area contributed by atoms with E-state index in [0.29, 0.717) is 0 Å². The maximum atomic E-state index is 8.49. The molecule has 46 heavy (non-hydrogen) atoms. The molecular formula is C38H32ClO4P2Rh-. The van der Waals surface area contributed by atoms with E-state index in [0.717, 1.165) is 0 Å². The number of hydrogen-bond acceptors (Lipinski definition) is 4. The maximum Gasteiger partial charge on any atom is 0 e. The van der Waals surface area contributed by atoms with Gasteiger partial charge in [-0.3, -0.25) is 0 Å². The largest absolute Gasteiger partial charge is 0.222 e. The first-order valence-corrected chi connectivity index (χ1v) is 18.3. The van der Waals surface area contributed by atoms with E-state index in [1.54, 1.807) is 0 Å². The molecule has 6 aromatic carbocycles. The van der Waals surface area contributed by atoms with E-state index in [-0.39, 0.29) is 19.5 Å². The molecule has 0 N–H and O–H groups in total. The first-order chi connectivity index (χ1) is 21.7. The summed E-state index contributed by atoms with van der Waals surface area (Å²) >= 11 is 0. The standard InChI is InChI=1S/C38H32P2.ClHO4.Rh/c1-29-17-15-27-35(39(31-19-7-3-8-20-31)32-21-9-4-10-22-32)37(29)38-30(2)18-16-28-36(38)40(33-23-11-5-12-24-33)34-25-13-6-14-26-34;2-1(3,4)5;/h3-28H,1-2H3;(H,2,3,4,5);/p-1. The minimum atomic E-state index is -4.94. The third-order valence-electron chi connectivity index (χ3n) is 7.29. The Labute approximate surface area is 288 Å². The molecule has 1 radical (unpaired) electrons. The predicted octanol–water partition coefficient (Wildman–Crippen LogP) is 2.73. The molecule has 0 aliphatic heterocycles. The first-order valence-electron chi connectivity index (χ1n) is 14.3. The van der Waals surface area contributed by atoms with Gasteiger partial charge in [0.2, 0.25) is 0 Å². The Morgan fingerprint density at radius 1 is 0.370 bits per heavy atom. The molecule has 0 atom stereocenters. The second kappa shape index (κ2) is 16.7. The zero-order valence-electron chi connectivity index (χ0n) is 25.2. The van der Waals surface area contributed by atoms with E-state index in [9.17, 15) is 0 Å². The summed E-state index contributed by atoms with van der Waals surface area (Å²) in [5, 5.41) is 8.33. The van der Waals surface area contributed by atoms with Crippen LogP contribution in [0.1, 0.15) is 11.1 Å². The Morgan fingerprint density at radius 3 is 0.848 bits per heavy atom. The van der Waals surface area contributed by atoms with Gasteiger partial charge in [-0.05, 0) is 83.8 Å². The number of halogens is 1. The van der Waals surface area contributed by atoms with Crippen molar-refractivity contribution in [2.75, 3.05) is 0 Å². The monoisotopic (exact) mass is 752 g/mol. The summed E-state index contributed by atoms with van der Waals surface area (Å²) in [6.45, 7) is 4.57. The van der Waals surface area contributed by atoms with E-state index in [2.05, 4.69) is 172 Å². The van der Waals surface area contributed by atoms with Crippen LogP contribution < -0.4 is 50.5 Å². The molecule has 0 amide bonds. The molecule has 0 aliphatic rings. The molecule has 0 fully saturated rings. The van der Waals surface area contributed by atoms with Gasteiger partial charge in [-0.2, -0.15) is 0 Å². The third kappa shape index (κ3) is 9.05. The van der Waals surface area contributed by atoms with Crippen molar-refractivity contribution >= 4 is 47.7 Å². The zero-order valence-corrected chi connectivity index (χ0v) is 29.4. The molecule has 0 saturated heterocycles. The quantitative estimate of drug-likeness (QED) is 0.186. The molecule has 0 aliphatic carbocycles. The fraction of sp³-hybridized carbons (Fsp3) is 0.0526. The fourth-order valence-corrected chi connectivity index (χ4v) is 10.6. The van der Waals surface area contributed by atoms with E-state index >= 15 is 0 Å². The van der Waals surface area contributed by atoms with Gasteiger partial charge >= 0.3 is 0 Å². The molecular weight excluding hydrogens is 721 g/mol. The minimum absolute atomic E-state index is 0. The van der Waals surface area contributed by atoms with Crippen LogP contribution in [0.25, 0.3) is 11.1 Å². The molecule has 0 aromatic heterocycles. The van der Waals surface area contributed by atoms with Gasteiger partial charge in [0.1, 0.15) is 0 Å². The average Bonchev–Trinajstić information content (AvgIpc) is 3.04. The number of benzene rings is 6. The van der Waals surface area contributed by atoms with Gasteiger partial charge in [-0.15, -0.1) is 10.2 Å². The Morgan fingerprint density at radius 2 is 0.609 bits per heavy atom. The summed E-state index contributed by atoms with van der Waals surface area (Å²) in [5.41, 5.74) is 5.41. The summed E-state index contributed by atoms with van der Waals surface area (Å²) in [6, 6.07) is 58.0. The van der Waals surface area contributed by atoms with Gasteiger partial charge in [0.05, 0.1) is 0 Å². The summed E-state index contributed by atoms with van der Waals surface area (Å²) < 4.78 is 34.0. The second-order valence-corrected chi connectivity index (χ2v) is 15.5. The fourth-order valence-electron chi connectivity index (χ4n) is 5.49. The van der Waals surface area contributed by atoms with Crippen LogP contribution >= 0.6 is 15.8 Å². The van der Waals surface area contributed by atoms with Gasteiger partial charge in [-0.1, -0.05) is 158 Å². The molecule has 4 nitrogen and oxygen atoms in total. The maximum absolute atomic E-state index is 8.49. The minimum Gasteiger partial charge on any atom is -0.222 e.